The van der Waals surface area contributed by atoms with Gasteiger partial charge in [0.15, 0.2) is 0 Å². The Morgan fingerprint density at radius 1 is 1.28 bits per heavy atom. The summed E-state index contributed by atoms with van der Waals surface area (Å²) in [5, 5.41) is 12.4. The Bertz CT molecular complexity index is 541. The summed E-state index contributed by atoms with van der Waals surface area (Å²) in [5.41, 5.74) is 4.56. The first-order valence-electron chi connectivity index (χ1n) is 6.06. The molecule has 1 aliphatic carbocycles. The van der Waals surface area contributed by atoms with E-state index in [9.17, 15) is 4.79 Å². The maximum absolute atomic E-state index is 11.1. The second kappa shape index (κ2) is 5.08. The van der Waals surface area contributed by atoms with E-state index in [0.29, 0.717) is 11.3 Å². The third kappa shape index (κ3) is 2.45. The molecule has 0 saturated carbocycles. The van der Waals surface area contributed by atoms with Crippen LogP contribution in [0.2, 0.25) is 0 Å². The molecule has 3 heteroatoms. The molecule has 0 bridgehead atoms. The van der Waals surface area contributed by atoms with Gasteiger partial charge in [0.25, 0.3) is 0 Å². The molecule has 0 saturated heterocycles. The molecule has 0 unspecified atom stereocenters. The highest BCUT2D eigenvalue weighted by molar-refractivity contribution is 5.94. The minimum Gasteiger partial charge on any atom is -0.478 e. The van der Waals surface area contributed by atoms with E-state index in [2.05, 4.69) is 25.2 Å². The standard InChI is InChI=1S/C15H17NO2/c1-10-6-5-9-13(11(10)2)16-14-8-4-3-7-12(14)15(17)18/h3-4,6-8,16H,5,9H2,1-2H3,(H,17,18). The van der Waals surface area contributed by atoms with Crippen LogP contribution in [0.5, 0.6) is 0 Å². The number of para-hydroxylation sites is 1. The average molecular weight is 243 g/mol. The van der Waals surface area contributed by atoms with Crippen molar-refractivity contribution in [2.75, 3.05) is 5.32 Å². The first kappa shape index (κ1) is 12.4. The van der Waals surface area contributed by atoms with Crippen molar-refractivity contribution in [3.8, 4) is 0 Å². The van der Waals surface area contributed by atoms with Crippen LogP contribution in [0, 0.1) is 0 Å². The molecular formula is C15H17NO2. The fourth-order valence-electron chi connectivity index (χ4n) is 2.11. The molecule has 0 aromatic heterocycles. The van der Waals surface area contributed by atoms with Crippen molar-refractivity contribution >= 4 is 11.7 Å². The second-order valence-corrected chi connectivity index (χ2v) is 4.51. The van der Waals surface area contributed by atoms with E-state index in [-0.39, 0.29) is 0 Å². The number of aromatic carboxylic acids is 1. The number of nitrogens with one attached hydrogen (secondary N) is 1. The summed E-state index contributed by atoms with van der Waals surface area (Å²) >= 11 is 0. The topological polar surface area (TPSA) is 49.3 Å². The van der Waals surface area contributed by atoms with Crippen molar-refractivity contribution in [1.29, 1.82) is 0 Å². The fourth-order valence-corrected chi connectivity index (χ4v) is 2.11. The van der Waals surface area contributed by atoms with E-state index in [1.807, 2.05) is 6.07 Å². The first-order chi connectivity index (χ1) is 8.59. The number of benzene rings is 1. The number of hydrogen-bond acceptors (Lipinski definition) is 2. The van der Waals surface area contributed by atoms with Crippen molar-refractivity contribution < 1.29 is 9.90 Å². The largest absolute Gasteiger partial charge is 0.478 e. The molecule has 0 amide bonds. The predicted octanol–water partition coefficient (Wildman–Crippen LogP) is 3.81. The maximum Gasteiger partial charge on any atom is 0.337 e. The fraction of sp³-hybridized carbons (Fsp3) is 0.267. The monoisotopic (exact) mass is 243 g/mol. The molecular weight excluding hydrogens is 226 g/mol. The molecule has 3 nitrogen and oxygen atoms in total. The smallest absolute Gasteiger partial charge is 0.337 e. The van der Waals surface area contributed by atoms with Crippen LogP contribution >= 0.6 is 0 Å². The van der Waals surface area contributed by atoms with E-state index in [0.717, 1.165) is 18.5 Å². The number of carboxylic acid groups (broad SMARTS) is 1. The minimum absolute atomic E-state index is 0.310. The van der Waals surface area contributed by atoms with E-state index in [4.69, 9.17) is 5.11 Å². The zero-order valence-electron chi connectivity index (χ0n) is 10.7. The average Bonchev–Trinajstić information content (AvgIpc) is 2.35. The summed E-state index contributed by atoms with van der Waals surface area (Å²) in [7, 11) is 0. The Labute approximate surface area is 107 Å². The van der Waals surface area contributed by atoms with Gasteiger partial charge in [0.2, 0.25) is 0 Å². The normalized spacial score (nSPS) is 15.3. The van der Waals surface area contributed by atoms with Gasteiger partial charge in [-0.05, 0) is 44.4 Å². The third-order valence-electron chi connectivity index (χ3n) is 3.33. The van der Waals surface area contributed by atoms with Gasteiger partial charge in [0, 0.05) is 5.70 Å². The second-order valence-electron chi connectivity index (χ2n) is 4.51. The summed E-state index contributed by atoms with van der Waals surface area (Å²) < 4.78 is 0. The highest BCUT2D eigenvalue weighted by Crippen LogP contribution is 2.27. The van der Waals surface area contributed by atoms with Gasteiger partial charge in [-0.2, -0.15) is 0 Å². The molecule has 0 atom stereocenters. The molecule has 0 heterocycles. The SMILES string of the molecule is CC1=CCCC(Nc2ccccc2C(=O)O)=C1C. The number of carboxylic acids is 1. The Balaban J connectivity index is 2.33. The van der Waals surface area contributed by atoms with Crippen LogP contribution in [0.1, 0.15) is 37.0 Å². The van der Waals surface area contributed by atoms with Crippen LogP contribution < -0.4 is 5.32 Å². The van der Waals surface area contributed by atoms with Crippen molar-refractivity contribution in [1.82, 2.24) is 0 Å². The first-order valence-corrected chi connectivity index (χ1v) is 6.06. The Morgan fingerprint density at radius 2 is 2.00 bits per heavy atom. The molecule has 0 fully saturated rings. The van der Waals surface area contributed by atoms with Crippen molar-refractivity contribution in [3.05, 3.63) is 52.7 Å². The van der Waals surface area contributed by atoms with Gasteiger partial charge >= 0.3 is 5.97 Å². The van der Waals surface area contributed by atoms with Crippen LogP contribution in [0.15, 0.2) is 47.2 Å². The number of allylic oxidation sites excluding steroid dienone is 4. The zero-order chi connectivity index (χ0) is 13.1. The van der Waals surface area contributed by atoms with Crippen LogP contribution in [0.3, 0.4) is 0 Å². The van der Waals surface area contributed by atoms with Crippen molar-refractivity contribution in [2.45, 2.75) is 26.7 Å². The highest BCUT2D eigenvalue weighted by Gasteiger charge is 2.13. The summed E-state index contributed by atoms with van der Waals surface area (Å²) in [5.74, 6) is -0.903. The van der Waals surface area contributed by atoms with Crippen LogP contribution in [-0.2, 0) is 0 Å². The van der Waals surface area contributed by atoms with E-state index >= 15 is 0 Å². The molecule has 0 spiro atoms. The molecule has 1 aromatic carbocycles. The zero-order valence-corrected chi connectivity index (χ0v) is 10.7. The summed E-state index contributed by atoms with van der Waals surface area (Å²) in [6, 6.07) is 7.00. The Hall–Kier alpha value is -2.03. The summed E-state index contributed by atoms with van der Waals surface area (Å²) in [4.78, 5) is 11.1. The third-order valence-corrected chi connectivity index (χ3v) is 3.33. The van der Waals surface area contributed by atoms with Crippen LogP contribution in [0.25, 0.3) is 0 Å². The van der Waals surface area contributed by atoms with Gasteiger partial charge in [-0.1, -0.05) is 23.8 Å². The number of anilines is 1. The molecule has 1 aromatic rings. The quantitative estimate of drug-likeness (QED) is 0.848. The lowest BCUT2D eigenvalue weighted by molar-refractivity contribution is 0.0698. The maximum atomic E-state index is 11.1. The molecule has 1 aliphatic rings. The van der Waals surface area contributed by atoms with Gasteiger partial charge in [0.05, 0.1) is 11.3 Å². The van der Waals surface area contributed by atoms with Gasteiger partial charge in [-0.3, -0.25) is 0 Å². The van der Waals surface area contributed by atoms with Crippen molar-refractivity contribution in [2.24, 2.45) is 0 Å². The lowest BCUT2D eigenvalue weighted by Gasteiger charge is -2.20. The van der Waals surface area contributed by atoms with Gasteiger partial charge in [-0.15, -0.1) is 0 Å². The predicted molar refractivity (Wildman–Crippen MR) is 72.7 cm³/mol. The molecule has 2 rings (SSSR count). The lowest BCUT2D eigenvalue weighted by Crippen LogP contribution is -2.10. The Morgan fingerprint density at radius 3 is 2.72 bits per heavy atom. The van der Waals surface area contributed by atoms with Crippen LogP contribution in [-0.4, -0.2) is 11.1 Å². The summed E-state index contributed by atoms with van der Waals surface area (Å²) in [6.07, 6.45) is 4.14. The molecule has 0 aliphatic heterocycles. The van der Waals surface area contributed by atoms with Crippen molar-refractivity contribution in [3.63, 3.8) is 0 Å². The molecule has 0 radical (unpaired) electrons. The minimum atomic E-state index is -0.903. The molecule has 18 heavy (non-hydrogen) atoms. The van der Waals surface area contributed by atoms with E-state index < -0.39 is 5.97 Å². The van der Waals surface area contributed by atoms with Gasteiger partial charge in [0.1, 0.15) is 0 Å². The van der Waals surface area contributed by atoms with Gasteiger partial charge < -0.3 is 10.4 Å². The number of rotatable bonds is 3. The highest BCUT2D eigenvalue weighted by atomic mass is 16.4. The number of carbonyl (C=O) groups is 1. The van der Waals surface area contributed by atoms with E-state index in [1.165, 1.54) is 11.1 Å². The molecule has 2 N–H and O–H groups in total. The van der Waals surface area contributed by atoms with Gasteiger partial charge in [-0.25, -0.2) is 4.79 Å². The number of hydrogen-bond donors (Lipinski definition) is 2. The van der Waals surface area contributed by atoms with E-state index in [1.54, 1.807) is 18.2 Å². The Kier molecular flexibility index (Phi) is 3.51. The van der Waals surface area contributed by atoms with Crippen LogP contribution in [0.4, 0.5) is 5.69 Å². The summed E-state index contributed by atoms with van der Waals surface area (Å²) in [6.45, 7) is 4.15. The lowest BCUT2D eigenvalue weighted by atomic mass is 9.97. The molecule has 94 valence electrons.